The van der Waals surface area contributed by atoms with E-state index in [1.54, 1.807) is 0 Å². The number of hydrogen-bond donors (Lipinski definition) is 2. The Morgan fingerprint density at radius 3 is 2.44 bits per heavy atom. The zero-order chi connectivity index (χ0) is 19.0. The van der Waals surface area contributed by atoms with Crippen LogP contribution in [-0.2, 0) is 9.59 Å². The lowest BCUT2D eigenvalue weighted by Crippen LogP contribution is -2.48. The number of likely N-dealkylation sites (tertiary alicyclic amines) is 1. The number of amides is 4. The molecule has 4 amide bonds. The van der Waals surface area contributed by atoms with Crippen molar-refractivity contribution in [3.05, 3.63) is 30.3 Å². The molecule has 0 spiro atoms. The molecule has 4 rings (SSSR count). The van der Waals surface area contributed by atoms with Crippen LogP contribution < -0.4 is 10.6 Å². The van der Waals surface area contributed by atoms with E-state index in [2.05, 4.69) is 15.5 Å². The number of hydrogen-bond acceptors (Lipinski definition) is 4. The van der Waals surface area contributed by atoms with Gasteiger partial charge in [-0.15, -0.1) is 0 Å². The molecule has 1 aromatic carbocycles. The van der Waals surface area contributed by atoms with Crippen molar-refractivity contribution in [2.75, 3.05) is 25.1 Å². The number of benzene rings is 1. The van der Waals surface area contributed by atoms with Crippen molar-refractivity contribution in [3.63, 3.8) is 0 Å². The molecule has 7 nitrogen and oxygen atoms in total. The standard InChI is InChI=1S/C20H26N4O3/c1-20(15-7-8-15)18(26)24(19(27)22-20)13-23-11-9-14(10-12-23)17(25)21-16-5-3-2-4-6-16/h2-6,14-15H,7-13H2,1H3,(H,21,25)(H,22,27)/t20-/m1/s1. The Morgan fingerprint density at radius 2 is 1.81 bits per heavy atom. The molecule has 3 fully saturated rings. The van der Waals surface area contributed by atoms with Gasteiger partial charge in [-0.25, -0.2) is 9.69 Å². The second kappa shape index (κ2) is 6.96. The lowest BCUT2D eigenvalue weighted by molar-refractivity contribution is -0.133. The lowest BCUT2D eigenvalue weighted by atomic mass is 9.95. The number of urea groups is 1. The number of carbonyl (C=O) groups excluding carboxylic acids is 3. The Labute approximate surface area is 159 Å². The molecule has 7 heteroatoms. The second-order valence-corrected chi connectivity index (χ2v) is 8.03. The van der Waals surface area contributed by atoms with Crippen LogP contribution in [0.3, 0.4) is 0 Å². The van der Waals surface area contributed by atoms with Crippen LogP contribution in [0.5, 0.6) is 0 Å². The number of para-hydroxylation sites is 1. The van der Waals surface area contributed by atoms with Gasteiger partial charge in [-0.05, 0) is 50.7 Å². The van der Waals surface area contributed by atoms with Gasteiger partial charge in [0.25, 0.3) is 5.91 Å². The highest BCUT2D eigenvalue weighted by Crippen LogP contribution is 2.42. The maximum atomic E-state index is 12.7. The summed E-state index contributed by atoms with van der Waals surface area (Å²) in [4.78, 5) is 40.9. The van der Waals surface area contributed by atoms with E-state index in [1.165, 1.54) is 4.90 Å². The molecule has 144 valence electrons. The molecular formula is C20H26N4O3. The van der Waals surface area contributed by atoms with E-state index in [0.717, 1.165) is 31.4 Å². The summed E-state index contributed by atoms with van der Waals surface area (Å²) in [5.74, 6) is 0.156. The molecule has 1 aromatic rings. The first-order valence-electron chi connectivity index (χ1n) is 9.70. The molecule has 2 saturated heterocycles. The van der Waals surface area contributed by atoms with Gasteiger partial charge in [-0.3, -0.25) is 14.5 Å². The van der Waals surface area contributed by atoms with Crippen LogP contribution in [-0.4, -0.2) is 52.9 Å². The normalized spacial score (nSPS) is 26.9. The van der Waals surface area contributed by atoms with Gasteiger partial charge in [0.2, 0.25) is 5.91 Å². The molecule has 1 aliphatic carbocycles. The van der Waals surface area contributed by atoms with Gasteiger partial charge in [0.15, 0.2) is 0 Å². The van der Waals surface area contributed by atoms with E-state index in [0.29, 0.717) is 19.8 Å². The topological polar surface area (TPSA) is 81.8 Å². The predicted molar refractivity (Wildman–Crippen MR) is 101 cm³/mol. The van der Waals surface area contributed by atoms with Gasteiger partial charge in [0.1, 0.15) is 5.54 Å². The third kappa shape index (κ3) is 3.56. The van der Waals surface area contributed by atoms with Crippen molar-refractivity contribution >= 4 is 23.5 Å². The summed E-state index contributed by atoms with van der Waals surface area (Å²) in [6.45, 7) is 3.54. The van der Waals surface area contributed by atoms with Gasteiger partial charge < -0.3 is 10.6 Å². The molecular weight excluding hydrogens is 344 g/mol. The molecule has 0 unspecified atom stereocenters. The summed E-state index contributed by atoms with van der Waals surface area (Å²) in [5, 5.41) is 5.84. The Balaban J connectivity index is 1.29. The molecule has 0 aromatic heterocycles. The minimum absolute atomic E-state index is 0.0390. The van der Waals surface area contributed by atoms with Gasteiger partial charge >= 0.3 is 6.03 Å². The van der Waals surface area contributed by atoms with Crippen molar-refractivity contribution < 1.29 is 14.4 Å². The molecule has 3 aliphatic rings. The lowest BCUT2D eigenvalue weighted by Gasteiger charge is -2.33. The van der Waals surface area contributed by atoms with E-state index in [-0.39, 0.29) is 29.7 Å². The van der Waals surface area contributed by atoms with Gasteiger partial charge in [0, 0.05) is 24.7 Å². The summed E-state index contributed by atoms with van der Waals surface area (Å²) >= 11 is 0. The Hall–Kier alpha value is -2.41. The number of nitrogens with zero attached hydrogens (tertiary/aromatic N) is 2. The zero-order valence-corrected chi connectivity index (χ0v) is 15.6. The van der Waals surface area contributed by atoms with Crippen LogP contribution in [0.25, 0.3) is 0 Å². The molecule has 0 radical (unpaired) electrons. The molecule has 1 saturated carbocycles. The minimum Gasteiger partial charge on any atom is -0.326 e. The summed E-state index contributed by atoms with van der Waals surface area (Å²) < 4.78 is 0. The summed E-state index contributed by atoms with van der Waals surface area (Å²) in [6, 6.07) is 9.16. The molecule has 1 atom stereocenters. The van der Waals surface area contributed by atoms with Crippen molar-refractivity contribution in [3.8, 4) is 0 Å². The molecule has 2 N–H and O–H groups in total. The largest absolute Gasteiger partial charge is 0.326 e. The van der Waals surface area contributed by atoms with Crippen LogP contribution in [0.2, 0.25) is 0 Å². The number of imide groups is 1. The van der Waals surface area contributed by atoms with Gasteiger partial charge in [-0.2, -0.15) is 0 Å². The van der Waals surface area contributed by atoms with E-state index in [9.17, 15) is 14.4 Å². The SMILES string of the molecule is C[C@]1(C2CC2)NC(=O)N(CN2CCC(C(=O)Nc3ccccc3)CC2)C1=O. The van der Waals surface area contributed by atoms with Crippen LogP contribution in [0.15, 0.2) is 30.3 Å². The molecule has 2 aliphatic heterocycles. The monoisotopic (exact) mass is 370 g/mol. The number of rotatable bonds is 5. The third-order valence-corrected chi connectivity index (χ3v) is 6.04. The maximum absolute atomic E-state index is 12.7. The Morgan fingerprint density at radius 1 is 1.15 bits per heavy atom. The van der Waals surface area contributed by atoms with Crippen molar-refractivity contribution in [1.82, 2.24) is 15.1 Å². The first kappa shape index (κ1) is 18.0. The smallest absolute Gasteiger partial charge is 0.326 e. The zero-order valence-electron chi connectivity index (χ0n) is 15.6. The predicted octanol–water partition coefficient (Wildman–Crippen LogP) is 2.02. The fourth-order valence-corrected chi connectivity index (χ4v) is 4.08. The van der Waals surface area contributed by atoms with Crippen LogP contribution >= 0.6 is 0 Å². The van der Waals surface area contributed by atoms with Gasteiger partial charge in [-0.1, -0.05) is 18.2 Å². The average Bonchev–Trinajstić information content (AvgIpc) is 3.49. The number of nitrogens with one attached hydrogen (secondary N) is 2. The maximum Gasteiger partial charge on any atom is 0.326 e. The van der Waals surface area contributed by atoms with Crippen LogP contribution in [0.4, 0.5) is 10.5 Å². The first-order valence-corrected chi connectivity index (χ1v) is 9.70. The van der Waals surface area contributed by atoms with Crippen LogP contribution in [0.1, 0.15) is 32.6 Å². The van der Waals surface area contributed by atoms with Crippen molar-refractivity contribution in [2.45, 2.75) is 38.1 Å². The van der Waals surface area contributed by atoms with E-state index >= 15 is 0 Å². The number of piperidine rings is 1. The van der Waals surface area contributed by atoms with E-state index in [1.807, 2.05) is 37.3 Å². The minimum atomic E-state index is -0.731. The summed E-state index contributed by atoms with van der Waals surface area (Å²) in [6.07, 6.45) is 3.45. The highest BCUT2D eigenvalue weighted by atomic mass is 16.2. The second-order valence-electron chi connectivity index (χ2n) is 8.03. The first-order chi connectivity index (χ1) is 13.0. The third-order valence-electron chi connectivity index (χ3n) is 6.04. The van der Waals surface area contributed by atoms with E-state index in [4.69, 9.17) is 0 Å². The van der Waals surface area contributed by atoms with E-state index < -0.39 is 5.54 Å². The summed E-state index contributed by atoms with van der Waals surface area (Å²) in [5.41, 5.74) is 0.0777. The molecule has 27 heavy (non-hydrogen) atoms. The van der Waals surface area contributed by atoms with Crippen molar-refractivity contribution in [2.24, 2.45) is 11.8 Å². The Bertz CT molecular complexity index is 741. The Kier molecular flexibility index (Phi) is 4.63. The number of anilines is 1. The van der Waals surface area contributed by atoms with Crippen molar-refractivity contribution in [1.29, 1.82) is 0 Å². The quantitative estimate of drug-likeness (QED) is 0.777. The fraction of sp³-hybridized carbons (Fsp3) is 0.550. The number of carbonyl (C=O) groups is 3. The molecule has 0 bridgehead atoms. The summed E-state index contributed by atoms with van der Waals surface area (Å²) in [7, 11) is 0. The van der Waals surface area contributed by atoms with Crippen LogP contribution in [0, 0.1) is 11.8 Å². The highest BCUT2D eigenvalue weighted by Gasteiger charge is 2.56. The van der Waals surface area contributed by atoms with Gasteiger partial charge in [0.05, 0.1) is 6.67 Å². The molecule has 2 heterocycles. The highest BCUT2D eigenvalue weighted by molar-refractivity contribution is 6.07. The fourth-order valence-electron chi connectivity index (χ4n) is 4.08. The average molecular weight is 370 g/mol.